The summed E-state index contributed by atoms with van der Waals surface area (Å²) in [6, 6.07) is 7.93. The van der Waals surface area contributed by atoms with Crippen molar-refractivity contribution in [2.75, 3.05) is 25.5 Å². The molecule has 1 aliphatic carbocycles. The predicted octanol–water partition coefficient (Wildman–Crippen LogP) is 5.45. The fraction of sp³-hybridized carbons (Fsp3) is 0.542. The Hall–Kier alpha value is -2.48. The first-order chi connectivity index (χ1) is 15.2. The van der Waals surface area contributed by atoms with Crippen molar-refractivity contribution in [3.63, 3.8) is 0 Å². The number of rotatable bonds is 3. The van der Waals surface area contributed by atoms with Gasteiger partial charge in [0, 0.05) is 24.5 Å². The van der Waals surface area contributed by atoms with Crippen LogP contribution in [-0.4, -0.2) is 41.4 Å². The van der Waals surface area contributed by atoms with Gasteiger partial charge in [-0.05, 0) is 69.2 Å². The number of amides is 1. The molecule has 1 saturated carbocycles. The first-order valence-electron chi connectivity index (χ1n) is 11.0. The van der Waals surface area contributed by atoms with Gasteiger partial charge in [0.25, 0.3) is 0 Å². The van der Waals surface area contributed by atoms with E-state index in [2.05, 4.69) is 27.2 Å². The van der Waals surface area contributed by atoms with Gasteiger partial charge in [-0.1, -0.05) is 32.0 Å². The highest BCUT2D eigenvalue weighted by molar-refractivity contribution is 5.66. The van der Waals surface area contributed by atoms with E-state index >= 15 is 0 Å². The number of fused-ring (bicyclic) bond motifs is 1. The Balaban J connectivity index is 0.000000239. The molecule has 1 amide bonds. The fourth-order valence-corrected chi connectivity index (χ4v) is 4.74. The minimum Gasteiger partial charge on any atom is -0.306 e. The van der Waals surface area contributed by atoms with Crippen molar-refractivity contribution in [2.45, 2.75) is 52.6 Å². The lowest BCUT2D eigenvalue weighted by Crippen LogP contribution is -2.17. The Kier molecular flexibility index (Phi) is 9.19. The lowest BCUT2D eigenvalue weighted by molar-refractivity contribution is -0.138. The summed E-state index contributed by atoms with van der Waals surface area (Å²) in [5.41, 5.74) is 1.77. The van der Waals surface area contributed by atoms with Gasteiger partial charge in [0.15, 0.2) is 0 Å². The number of hydrogen-bond acceptors (Lipinski definition) is 4. The molecule has 2 heterocycles. The maximum absolute atomic E-state index is 13.0. The van der Waals surface area contributed by atoms with Gasteiger partial charge in [0.1, 0.15) is 0 Å². The van der Waals surface area contributed by atoms with Gasteiger partial charge in [0.2, 0.25) is 12.4 Å². The zero-order chi connectivity index (χ0) is 23.9. The van der Waals surface area contributed by atoms with E-state index in [0.29, 0.717) is 29.8 Å². The maximum Gasteiger partial charge on any atom is 0.416 e. The number of nitrogens with one attached hydrogen (secondary N) is 1. The summed E-state index contributed by atoms with van der Waals surface area (Å²) >= 11 is 0. The Morgan fingerprint density at radius 1 is 1.03 bits per heavy atom. The van der Waals surface area contributed by atoms with Crippen LogP contribution >= 0.6 is 0 Å². The molecule has 0 bridgehead atoms. The van der Waals surface area contributed by atoms with Crippen LogP contribution in [0.1, 0.15) is 55.1 Å². The van der Waals surface area contributed by atoms with E-state index < -0.39 is 11.7 Å². The van der Waals surface area contributed by atoms with E-state index in [-0.39, 0.29) is 5.92 Å². The molecule has 1 N–H and O–H groups in total. The molecule has 2 aliphatic rings. The average molecular weight is 451 g/mol. The largest absolute Gasteiger partial charge is 0.416 e. The molecular formula is C24H33F3N4O. The molecule has 4 rings (SSSR count). The molecule has 176 valence electrons. The number of nitrogens with zero attached hydrogens (tertiary/aromatic N) is 3. The highest BCUT2D eigenvalue weighted by Crippen LogP contribution is 2.48. The highest BCUT2D eigenvalue weighted by Gasteiger charge is 2.43. The van der Waals surface area contributed by atoms with Gasteiger partial charge < -0.3 is 4.90 Å². The van der Waals surface area contributed by atoms with Gasteiger partial charge >= 0.3 is 6.18 Å². The first kappa shape index (κ1) is 25.8. The standard InChI is InChI=1S/C15H18F3N.C7H9N3O.C2H6/c1-19-8-11-6-10(7-12(11)9-19)13-4-2-3-5-14(13)15(16,17)18;1-5-3-6(2)10-7(9-5)8-4-11;1-2/h2-5,10-12H,6-9H2,1H3;3-4H,1-2H3,(H,8,9,10,11);1-2H3/t10?,11-,12+;;. The number of hydrogen-bond donors (Lipinski definition) is 1. The summed E-state index contributed by atoms with van der Waals surface area (Å²) in [4.78, 5) is 20.2. The van der Waals surface area contributed by atoms with Crippen LogP contribution in [0.5, 0.6) is 0 Å². The average Bonchev–Trinajstić information content (AvgIpc) is 3.26. The summed E-state index contributed by atoms with van der Waals surface area (Å²) in [7, 11) is 2.09. The van der Waals surface area contributed by atoms with Gasteiger partial charge in [-0.2, -0.15) is 13.2 Å². The molecule has 1 aliphatic heterocycles. The van der Waals surface area contributed by atoms with E-state index in [0.717, 1.165) is 37.3 Å². The van der Waals surface area contributed by atoms with Crippen LogP contribution in [0.3, 0.4) is 0 Å². The van der Waals surface area contributed by atoms with Crippen molar-refractivity contribution in [3.05, 3.63) is 52.8 Å². The second-order valence-electron chi connectivity index (χ2n) is 8.23. The Labute approximate surface area is 188 Å². The molecule has 1 aromatic heterocycles. The molecule has 0 radical (unpaired) electrons. The molecule has 1 saturated heterocycles. The van der Waals surface area contributed by atoms with Gasteiger partial charge in [-0.3, -0.25) is 10.1 Å². The fourth-order valence-electron chi connectivity index (χ4n) is 4.74. The monoisotopic (exact) mass is 450 g/mol. The zero-order valence-corrected chi connectivity index (χ0v) is 19.4. The quantitative estimate of drug-likeness (QED) is 0.632. The van der Waals surface area contributed by atoms with Crippen LogP contribution in [0.25, 0.3) is 0 Å². The lowest BCUT2D eigenvalue weighted by Gasteiger charge is -2.19. The Bertz CT molecular complexity index is 854. The molecular weight excluding hydrogens is 417 g/mol. The molecule has 32 heavy (non-hydrogen) atoms. The number of carbonyl (C=O) groups is 1. The lowest BCUT2D eigenvalue weighted by atomic mass is 9.91. The SMILES string of the molecule is CC.CN1C[C@H]2CC(c3ccccc3C(F)(F)F)C[C@H]2C1.Cc1cc(C)nc(NC=O)n1. The van der Waals surface area contributed by atoms with E-state index in [1.165, 1.54) is 12.1 Å². The van der Waals surface area contributed by atoms with Crippen LogP contribution in [0.2, 0.25) is 0 Å². The topological polar surface area (TPSA) is 58.1 Å². The number of aromatic nitrogens is 2. The second-order valence-corrected chi connectivity index (χ2v) is 8.23. The summed E-state index contributed by atoms with van der Waals surface area (Å²) in [6.45, 7) is 9.78. The zero-order valence-electron chi connectivity index (χ0n) is 19.4. The molecule has 3 atom stereocenters. The predicted molar refractivity (Wildman–Crippen MR) is 120 cm³/mol. The van der Waals surface area contributed by atoms with E-state index in [1.54, 1.807) is 12.1 Å². The first-order valence-corrected chi connectivity index (χ1v) is 11.0. The number of carbonyl (C=O) groups excluding carboxylic acids is 1. The van der Waals surface area contributed by atoms with Gasteiger partial charge in [-0.25, -0.2) is 9.97 Å². The highest BCUT2D eigenvalue weighted by atomic mass is 19.4. The smallest absolute Gasteiger partial charge is 0.306 e. The summed E-state index contributed by atoms with van der Waals surface area (Å²) in [6.07, 6.45) is -1.86. The number of anilines is 1. The number of benzene rings is 1. The van der Waals surface area contributed by atoms with Gasteiger partial charge in [-0.15, -0.1) is 0 Å². The van der Waals surface area contributed by atoms with Crippen molar-refractivity contribution in [2.24, 2.45) is 11.8 Å². The van der Waals surface area contributed by atoms with Crippen molar-refractivity contribution in [3.8, 4) is 0 Å². The number of likely N-dealkylation sites (tertiary alicyclic amines) is 1. The number of aryl methyl sites for hydroxylation is 2. The van der Waals surface area contributed by atoms with E-state index in [1.807, 2.05) is 33.8 Å². The third-order valence-electron chi connectivity index (χ3n) is 5.81. The van der Waals surface area contributed by atoms with Crippen molar-refractivity contribution in [1.82, 2.24) is 14.9 Å². The molecule has 2 fully saturated rings. The van der Waals surface area contributed by atoms with Crippen LogP contribution in [0.15, 0.2) is 30.3 Å². The second kappa shape index (κ2) is 11.4. The van der Waals surface area contributed by atoms with E-state index in [4.69, 9.17) is 0 Å². The molecule has 1 unspecified atom stereocenters. The van der Waals surface area contributed by atoms with Crippen molar-refractivity contribution < 1.29 is 18.0 Å². The molecule has 0 spiro atoms. The summed E-state index contributed by atoms with van der Waals surface area (Å²) in [5.74, 6) is 1.60. The molecule has 2 aromatic rings. The van der Waals surface area contributed by atoms with E-state index in [9.17, 15) is 18.0 Å². The van der Waals surface area contributed by atoms with Crippen LogP contribution in [0.4, 0.5) is 19.1 Å². The van der Waals surface area contributed by atoms with Crippen molar-refractivity contribution >= 4 is 12.4 Å². The van der Waals surface area contributed by atoms with Crippen LogP contribution < -0.4 is 5.32 Å². The third kappa shape index (κ3) is 6.76. The number of alkyl halides is 3. The summed E-state index contributed by atoms with van der Waals surface area (Å²) in [5, 5.41) is 2.39. The summed E-state index contributed by atoms with van der Waals surface area (Å²) < 4.78 is 39.1. The third-order valence-corrected chi connectivity index (χ3v) is 5.81. The Morgan fingerprint density at radius 3 is 2.06 bits per heavy atom. The van der Waals surface area contributed by atoms with Crippen molar-refractivity contribution in [1.29, 1.82) is 0 Å². The minimum atomic E-state index is -4.23. The van der Waals surface area contributed by atoms with Crippen LogP contribution in [-0.2, 0) is 11.0 Å². The molecule has 5 nitrogen and oxygen atoms in total. The van der Waals surface area contributed by atoms with Gasteiger partial charge in [0.05, 0.1) is 5.56 Å². The Morgan fingerprint density at radius 2 is 1.56 bits per heavy atom. The van der Waals surface area contributed by atoms with Crippen LogP contribution in [0, 0.1) is 25.7 Å². The molecule has 8 heteroatoms. The minimum absolute atomic E-state index is 0.0847. The normalized spacial score (nSPS) is 22.2. The maximum atomic E-state index is 13.0. The molecule has 1 aromatic carbocycles. The number of halogens is 3.